The van der Waals surface area contributed by atoms with Crippen LogP contribution in [0.2, 0.25) is 0 Å². The molecule has 1 N–H and O–H groups in total. The Hall–Kier alpha value is -1.52. The Balaban J connectivity index is 2.88. The van der Waals surface area contributed by atoms with E-state index in [2.05, 4.69) is 4.98 Å². The molecule has 5 heteroatoms. The van der Waals surface area contributed by atoms with Crippen LogP contribution in [0.3, 0.4) is 0 Å². The number of aryl methyl sites for hydroxylation is 1. The molecule has 0 aliphatic rings. The summed E-state index contributed by atoms with van der Waals surface area (Å²) < 4.78 is 1.90. The van der Waals surface area contributed by atoms with Crippen LogP contribution in [-0.4, -0.2) is 33.7 Å². The van der Waals surface area contributed by atoms with Crippen LogP contribution in [0.25, 0.3) is 0 Å². The van der Waals surface area contributed by atoms with Crippen LogP contribution >= 0.6 is 0 Å². The van der Waals surface area contributed by atoms with Gasteiger partial charge < -0.3 is 14.6 Å². The van der Waals surface area contributed by atoms with Crippen molar-refractivity contribution in [2.24, 2.45) is 0 Å². The number of anilines is 1. The lowest BCUT2D eigenvalue weighted by molar-refractivity contribution is -0.138. The number of carboxylic acid groups (broad SMARTS) is 1. The quantitative estimate of drug-likeness (QED) is 0.776. The molecular formula is C9H15N3O2. The third-order valence-electron chi connectivity index (χ3n) is 2.29. The van der Waals surface area contributed by atoms with Crippen LogP contribution in [0.1, 0.15) is 13.8 Å². The molecule has 1 heterocycles. The lowest BCUT2D eigenvalue weighted by Gasteiger charge is -2.22. The van der Waals surface area contributed by atoms with Gasteiger partial charge in [-0.3, -0.25) is 0 Å². The van der Waals surface area contributed by atoms with Crippen LogP contribution in [0, 0.1) is 0 Å². The summed E-state index contributed by atoms with van der Waals surface area (Å²) in [4.78, 5) is 16.5. The van der Waals surface area contributed by atoms with Crippen molar-refractivity contribution in [3.63, 3.8) is 0 Å². The SMILES string of the molecule is CCn1ccnc1N(C)C(C)C(=O)O. The third-order valence-corrected chi connectivity index (χ3v) is 2.29. The molecule has 0 radical (unpaired) electrons. The van der Waals surface area contributed by atoms with Crippen molar-refractivity contribution in [3.05, 3.63) is 12.4 Å². The van der Waals surface area contributed by atoms with E-state index in [1.54, 1.807) is 25.1 Å². The van der Waals surface area contributed by atoms with Crippen molar-refractivity contribution >= 4 is 11.9 Å². The highest BCUT2D eigenvalue weighted by molar-refractivity contribution is 5.76. The zero-order valence-corrected chi connectivity index (χ0v) is 8.64. The van der Waals surface area contributed by atoms with E-state index in [1.165, 1.54) is 0 Å². The summed E-state index contributed by atoms with van der Waals surface area (Å²) in [6.07, 6.45) is 3.50. The first-order chi connectivity index (χ1) is 6.57. The Morgan fingerprint density at radius 2 is 2.43 bits per heavy atom. The van der Waals surface area contributed by atoms with E-state index < -0.39 is 12.0 Å². The maximum atomic E-state index is 10.8. The van der Waals surface area contributed by atoms with E-state index in [9.17, 15) is 4.79 Å². The van der Waals surface area contributed by atoms with Gasteiger partial charge in [-0.25, -0.2) is 9.78 Å². The fraction of sp³-hybridized carbons (Fsp3) is 0.556. The summed E-state index contributed by atoms with van der Waals surface area (Å²) in [6, 6.07) is -0.567. The fourth-order valence-corrected chi connectivity index (χ4v) is 1.20. The van der Waals surface area contributed by atoms with Crippen molar-refractivity contribution in [1.82, 2.24) is 9.55 Å². The lowest BCUT2D eigenvalue weighted by atomic mass is 10.3. The number of nitrogens with zero attached hydrogens (tertiary/aromatic N) is 3. The standard InChI is InChI=1S/C9H15N3O2/c1-4-12-6-5-10-9(12)11(3)7(2)8(13)14/h5-7H,4H2,1-3H3,(H,13,14). The van der Waals surface area contributed by atoms with Crippen LogP contribution < -0.4 is 4.90 Å². The number of likely N-dealkylation sites (N-methyl/N-ethyl adjacent to an activating group) is 1. The third kappa shape index (κ3) is 1.86. The van der Waals surface area contributed by atoms with E-state index in [4.69, 9.17) is 5.11 Å². The first kappa shape index (κ1) is 10.6. The molecule has 1 aromatic rings. The van der Waals surface area contributed by atoms with Gasteiger partial charge in [0.05, 0.1) is 0 Å². The number of carbonyl (C=O) groups is 1. The topological polar surface area (TPSA) is 58.4 Å². The fourth-order valence-electron chi connectivity index (χ4n) is 1.20. The predicted octanol–water partition coefficient (Wildman–Crippen LogP) is 0.812. The van der Waals surface area contributed by atoms with Crippen molar-refractivity contribution in [2.75, 3.05) is 11.9 Å². The summed E-state index contributed by atoms with van der Waals surface area (Å²) in [5, 5.41) is 8.84. The lowest BCUT2D eigenvalue weighted by Crippen LogP contribution is -2.37. The average molecular weight is 197 g/mol. The van der Waals surface area contributed by atoms with Crippen LogP contribution in [0.5, 0.6) is 0 Å². The largest absolute Gasteiger partial charge is 0.480 e. The molecule has 0 amide bonds. The second-order valence-corrected chi connectivity index (χ2v) is 3.14. The van der Waals surface area contributed by atoms with E-state index in [0.717, 1.165) is 6.54 Å². The summed E-state index contributed by atoms with van der Waals surface area (Å²) >= 11 is 0. The zero-order chi connectivity index (χ0) is 10.7. The first-order valence-corrected chi connectivity index (χ1v) is 4.54. The molecular weight excluding hydrogens is 182 g/mol. The van der Waals surface area contributed by atoms with Gasteiger partial charge in [-0.1, -0.05) is 0 Å². The second kappa shape index (κ2) is 4.13. The highest BCUT2D eigenvalue weighted by atomic mass is 16.4. The number of rotatable bonds is 4. The van der Waals surface area contributed by atoms with Crippen LogP contribution in [0.4, 0.5) is 5.95 Å². The molecule has 0 fully saturated rings. The number of imidazole rings is 1. The Morgan fingerprint density at radius 1 is 1.79 bits per heavy atom. The molecule has 78 valence electrons. The Kier molecular flexibility index (Phi) is 3.11. The molecule has 1 rings (SSSR count). The summed E-state index contributed by atoms with van der Waals surface area (Å²) in [7, 11) is 1.73. The number of carboxylic acids is 1. The van der Waals surface area contributed by atoms with Gasteiger partial charge in [0.1, 0.15) is 6.04 Å². The minimum atomic E-state index is -0.849. The second-order valence-electron chi connectivity index (χ2n) is 3.14. The Labute approximate surface area is 83.0 Å². The number of aliphatic carboxylic acids is 1. The van der Waals surface area contributed by atoms with Crippen LogP contribution in [0.15, 0.2) is 12.4 Å². The Bertz CT molecular complexity index is 322. The van der Waals surface area contributed by atoms with Crippen molar-refractivity contribution in [1.29, 1.82) is 0 Å². The highest BCUT2D eigenvalue weighted by Gasteiger charge is 2.19. The van der Waals surface area contributed by atoms with Crippen LogP contribution in [-0.2, 0) is 11.3 Å². The normalized spacial score (nSPS) is 12.5. The maximum Gasteiger partial charge on any atom is 0.326 e. The molecule has 1 atom stereocenters. The van der Waals surface area contributed by atoms with E-state index in [0.29, 0.717) is 5.95 Å². The molecule has 0 aromatic carbocycles. The van der Waals surface area contributed by atoms with Gasteiger partial charge >= 0.3 is 5.97 Å². The smallest absolute Gasteiger partial charge is 0.326 e. The van der Waals surface area contributed by atoms with Crippen molar-refractivity contribution < 1.29 is 9.90 Å². The molecule has 0 saturated carbocycles. The minimum absolute atomic E-state index is 0.567. The molecule has 0 aliphatic carbocycles. The number of hydrogen-bond donors (Lipinski definition) is 1. The molecule has 14 heavy (non-hydrogen) atoms. The monoisotopic (exact) mass is 197 g/mol. The summed E-state index contributed by atoms with van der Waals surface area (Å²) in [5.74, 6) is -0.166. The summed E-state index contributed by atoms with van der Waals surface area (Å²) in [5.41, 5.74) is 0. The van der Waals surface area contributed by atoms with Gasteiger partial charge in [0.15, 0.2) is 0 Å². The van der Waals surface area contributed by atoms with Gasteiger partial charge in [0, 0.05) is 26.0 Å². The molecule has 1 aromatic heterocycles. The maximum absolute atomic E-state index is 10.8. The Morgan fingerprint density at radius 3 is 2.93 bits per heavy atom. The number of aromatic nitrogens is 2. The van der Waals surface area contributed by atoms with Gasteiger partial charge in [-0.15, -0.1) is 0 Å². The molecule has 0 aliphatic heterocycles. The van der Waals surface area contributed by atoms with Gasteiger partial charge in [0.25, 0.3) is 0 Å². The molecule has 5 nitrogen and oxygen atoms in total. The predicted molar refractivity (Wildman–Crippen MR) is 53.4 cm³/mol. The van der Waals surface area contributed by atoms with Gasteiger partial charge in [-0.05, 0) is 13.8 Å². The van der Waals surface area contributed by atoms with E-state index in [1.807, 2.05) is 17.7 Å². The van der Waals surface area contributed by atoms with E-state index in [-0.39, 0.29) is 0 Å². The zero-order valence-electron chi connectivity index (χ0n) is 8.64. The molecule has 1 unspecified atom stereocenters. The van der Waals surface area contributed by atoms with E-state index >= 15 is 0 Å². The molecule has 0 spiro atoms. The minimum Gasteiger partial charge on any atom is -0.480 e. The van der Waals surface area contributed by atoms with Gasteiger partial charge in [-0.2, -0.15) is 0 Å². The van der Waals surface area contributed by atoms with Crippen molar-refractivity contribution in [3.8, 4) is 0 Å². The highest BCUT2D eigenvalue weighted by Crippen LogP contribution is 2.12. The van der Waals surface area contributed by atoms with Crippen molar-refractivity contribution in [2.45, 2.75) is 26.4 Å². The molecule has 0 bridgehead atoms. The number of hydrogen-bond acceptors (Lipinski definition) is 3. The van der Waals surface area contributed by atoms with Gasteiger partial charge in [0.2, 0.25) is 5.95 Å². The average Bonchev–Trinajstić information content (AvgIpc) is 2.62. The first-order valence-electron chi connectivity index (χ1n) is 4.54. The molecule has 0 saturated heterocycles. The summed E-state index contributed by atoms with van der Waals surface area (Å²) in [6.45, 7) is 4.41.